The van der Waals surface area contributed by atoms with Crippen molar-refractivity contribution in [3.8, 4) is 5.75 Å². The van der Waals surface area contributed by atoms with Crippen LogP contribution in [0.25, 0.3) is 0 Å². The van der Waals surface area contributed by atoms with Gasteiger partial charge in [0.2, 0.25) is 0 Å². The summed E-state index contributed by atoms with van der Waals surface area (Å²) in [6.07, 6.45) is 4.59. The van der Waals surface area contributed by atoms with Crippen molar-refractivity contribution in [2.75, 3.05) is 6.61 Å². The molecule has 0 aliphatic heterocycles. The molecule has 0 spiro atoms. The Hall–Kier alpha value is -0.630. The highest BCUT2D eigenvalue weighted by atomic mass is 32.1. The summed E-state index contributed by atoms with van der Waals surface area (Å²) in [6.45, 7) is 5.17. The van der Waals surface area contributed by atoms with Gasteiger partial charge in [-0.3, -0.25) is 0 Å². The fourth-order valence-corrected chi connectivity index (χ4v) is 1.99. The van der Waals surface area contributed by atoms with Gasteiger partial charge in [-0.25, -0.2) is 0 Å². The van der Waals surface area contributed by atoms with Crippen LogP contribution < -0.4 is 4.74 Å². The first-order chi connectivity index (χ1) is 7.77. The van der Waals surface area contributed by atoms with Gasteiger partial charge in [0.1, 0.15) is 5.75 Å². The van der Waals surface area contributed by atoms with E-state index in [1.165, 1.54) is 18.4 Å². The standard InChI is InChI=1S/C14H22OS/c1-3-5-11-15-13-9-7-12(8-10-13)14(16)6-4-2/h7-10,14,16H,3-6,11H2,1-2H3. The fraction of sp³-hybridized carbons (Fsp3) is 0.571. The molecule has 1 aromatic carbocycles. The molecule has 0 bridgehead atoms. The summed E-state index contributed by atoms with van der Waals surface area (Å²) in [5, 5.41) is 0.356. The monoisotopic (exact) mass is 238 g/mol. The topological polar surface area (TPSA) is 9.23 Å². The average Bonchev–Trinajstić information content (AvgIpc) is 2.30. The second-order valence-electron chi connectivity index (χ2n) is 4.08. The molecular weight excluding hydrogens is 216 g/mol. The number of hydrogen-bond acceptors (Lipinski definition) is 2. The summed E-state index contributed by atoms with van der Waals surface area (Å²) >= 11 is 4.58. The third-order valence-electron chi connectivity index (χ3n) is 2.59. The van der Waals surface area contributed by atoms with E-state index in [9.17, 15) is 0 Å². The van der Waals surface area contributed by atoms with Crippen LogP contribution in [-0.2, 0) is 0 Å². The van der Waals surface area contributed by atoms with E-state index in [2.05, 4.69) is 38.6 Å². The van der Waals surface area contributed by atoms with Gasteiger partial charge in [0.15, 0.2) is 0 Å². The molecule has 2 heteroatoms. The molecule has 0 heterocycles. The van der Waals surface area contributed by atoms with E-state index in [0.717, 1.165) is 25.2 Å². The summed E-state index contributed by atoms with van der Waals surface area (Å²) < 4.78 is 5.62. The van der Waals surface area contributed by atoms with Gasteiger partial charge in [-0.05, 0) is 30.5 Å². The Kier molecular flexibility index (Phi) is 6.39. The summed E-state index contributed by atoms with van der Waals surface area (Å²) in [7, 11) is 0. The summed E-state index contributed by atoms with van der Waals surface area (Å²) in [6, 6.07) is 8.33. The van der Waals surface area contributed by atoms with Crippen LogP contribution in [-0.4, -0.2) is 6.61 Å². The van der Waals surface area contributed by atoms with Gasteiger partial charge >= 0.3 is 0 Å². The predicted molar refractivity (Wildman–Crippen MR) is 73.5 cm³/mol. The number of unbranched alkanes of at least 4 members (excludes halogenated alkanes) is 1. The number of benzene rings is 1. The zero-order valence-electron chi connectivity index (χ0n) is 10.3. The van der Waals surface area contributed by atoms with Crippen molar-refractivity contribution in [1.82, 2.24) is 0 Å². The van der Waals surface area contributed by atoms with Crippen LogP contribution in [0.1, 0.15) is 50.3 Å². The molecule has 0 saturated heterocycles. The number of thiol groups is 1. The molecule has 0 aliphatic carbocycles. The molecule has 1 aromatic rings. The number of rotatable bonds is 7. The minimum atomic E-state index is 0.356. The first-order valence-electron chi connectivity index (χ1n) is 6.18. The van der Waals surface area contributed by atoms with Gasteiger partial charge in [-0.15, -0.1) is 0 Å². The van der Waals surface area contributed by atoms with Crippen LogP contribution in [0.3, 0.4) is 0 Å². The van der Waals surface area contributed by atoms with Crippen LogP contribution >= 0.6 is 12.6 Å². The predicted octanol–water partition coefficient (Wildman–Crippen LogP) is 4.64. The highest BCUT2D eigenvalue weighted by Gasteiger charge is 2.04. The summed E-state index contributed by atoms with van der Waals surface area (Å²) in [4.78, 5) is 0. The molecule has 1 unspecified atom stereocenters. The van der Waals surface area contributed by atoms with Crippen molar-refractivity contribution in [1.29, 1.82) is 0 Å². The van der Waals surface area contributed by atoms with E-state index >= 15 is 0 Å². The summed E-state index contributed by atoms with van der Waals surface area (Å²) in [5.41, 5.74) is 1.29. The first-order valence-corrected chi connectivity index (χ1v) is 6.70. The van der Waals surface area contributed by atoms with Crippen molar-refractivity contribution in [3.05, 3.63) is 29.8 Å². The maximum Gasteiger partial charge on any atom is 0.119 e. The van der Waals surface area contributed by atoms with Gasteiger partial charge in [0.25, 0.3) is 0 Å². The lowest BCUT2D eigenvalue weighted by Gasteiger charge is -2.11. The van der Waals surface area contributed by atoms with Crippen LogP contribution in [0.4, 0.5) is 0 Å². The molecule has 0 fully saturated rings. The Bertz CT molecular complexity index is 281. The Morgan fingerprint density at radius 1 is 1.12 bits per heavy atom. The molecule has 16 heavy (non-hydrogen) atoms. The molecule has 0 N–H and O–H groups in total. The van der Waals surface area contributed by atoms with Crippen LogP contribution in [0, 0.1) is 0 Å². The van der Waals surface area contributed by atoms with Crippen molar-refractivity contribution >= 4 is 12.6 Å². The number of hydrogen-bond donors (Lipinski definition) is 1. The van der Waals surface area contributed by atoms with E-state index in [-0.39, 0.29) is 0 Å². The lowest BCUT2D eigenvalue weighted by atomic mass is 10.1. The normalized spacial score (nSPS) is 12.4. The van der Waals surface area contributed by atoms with Crippen molar-refractivity contribution in [2.45, 2.75) is 44.8 Å². The molecule has 90 valence electrons. The van der Waals surface area contributed by atoms with Gasteiger partial charge in [0.05, 0.1) is 6.61 Å². The van der Waals surface area contributed by atoms with E-state index in [4.69, 9.17) is 4.74 Å². The highest BCUT2D eigenvalue weighted by molar-refractivity contribution is 7.80. The molecule has 0 amide bonds. The molecule has 0 radical (unpaired) electrons. The first kappa shape index (κ1) is 13.4. The van der Waals surface area contributed by atoms with Crippen molar-refractivity contribution < 1.29 is 4.74 Å². The molecular formula is C14H22OS. The molecule has 1 nitrogen and oxygen atoms in total. The highest BCUT2D eigenvalue weighted by Crippen LogP contribution is 2.26. The summed E-state index contributed by atoms with van der Waals surface area (Å²) in [5.74, 6) is 0.967. The minimum Gasteiger partial charge on any atom is -0.494 e. The fourth-order valence-electron chi connectivity index (χ4n) is 1.56. The van der Waals surface area contributed by atoms with E-state index < -0.39 is 0 Å². The van der Waals surface area contributed by atoms with Crippen molar-refractivity contribution in [2.24, 2.45) is 0 Å². The van der Waals surface area contributed by atoms with Crippen LogP contribution in [0.2, 0.25) is 0 Å². The van der Waals surface area contributed by atoms with Crippen molar-refractivity contribution in [3.63, 3.8) is 0 Å². The molecule has 1 atom stereocenters. The lowest BCUT2D eigenvalue weighted by Crippen LogP contribution is -1.97. The third kappa shape index (κ3) is 4.48. The van der Waals surface area contributed by atoms with Crippen LogP contribution in [0.15, 0.2) is 24.3 Å². The Morgan fingerprint density at radius 3 is 2.38 bits per heavy atom. The van der Waals surface area contributed by atoms with E-state index in [0.29, 0.717) is 5.25 Å². The quantitative estimate of drug-likeness (QED) is 0.538. The SMILES string of the molecule is CCCCOc1ccc(C(S)CCC)cc1. The molecule has 0 aliphatic rings. The smallest absolute Gasteiger partial charge is 0.119 e. The average molecular weight is 238 g/mol. The van der Waals surface area contributed by atoms with Crippen LogP contribution in [0.5, 0.6) is 5.75 Å². The zero-order chi connectivity index (χ0) is 11.8. The third-order valence-corrected chi connectivity index (χ3v) is 3.15. The largest absolute Gasteiger partial charge is 0.494 e. The Labute approximate surface area is 105 Å². The maximum atomic E-state index is 5.62. The number of ether oxygens (including phenoxy) is 1. The van der Waals surface area contributed by atoms with E-state index in [1.807, 2.05) is 12.1 Å². The second kappa shape index (κ2) is 7.61. The van der Waals surface area contributed by atoms with Gasteiger partial charge in [0, 0.05) is 5.25 Å². The minimum absolute atomic E-state index is 0.356. The maximum absolute atomic E-state index is 5.62. The molecule has 1 rings (SSSR count). The van der Waals surface area contributed by atoms with Gasteiger partial charge < -0.3 is 4.74 Å². The Balaban J connectivity index is 2.47. The lowest BCUT2D eigenvalue weighted by molar-refractivity contribution is 0.309. The van der Waals surface area contributed by atoms with Gasteiger partial charge in [-0.1, -0.05) is 38.8 Å². The zero-order valence-corrected chi connectivity index (χ0v) is 11.2. The molecule has 0 aromatic heterocycles. The molecule has 0 saturated carbocycles. The van der Waals surface area contributed by atoms with E-state index in [1.54, 1.807) is 0 Å². The Morgan fingerprint density at radius 2 is 1.81 bits per heavy atom. The van der Waals surface area contributed by atoms with Gasteiger partial charge in [-0.2, -0.15) is 12.6 Å². The second-order valence-corrected chi connectivity index (χ2v) is 4.70.